The van der Waals surface area contributed by atoms with Crippen LogP contribution in [0.3, 0.4) is 0 Å². The zero-order valence-electron chi connectivity index (χ0n) is 14.5. The molecule has 1 aliphatic carbocycles. The van der Waals surface area contributed by atoms with E-state index < -0.39 is 6.36 Å². The Balaban J connectivity index is 2.33. The van der Waals surface area contributed by atoms with Gasteiger partial charge in [0.2, 0.25) is 0 Å². The van der Waals surface area contributed by atoms with Gasteiger partial charge in [-0.1, -0.05) is 30.4 Å². The van der Waals surface area contributed by atoms with Crippen LogP contribution in [-0.2, 0) is 9.53 Å². The molecule has 0 aliphatic heterocycles. The summed E-state index contributed by atoms with van der Waals surface area (Å²) in [6.45, 7) is 0.588. The highest BCUT2D eigenvalue weighted by Gasteiger charge is 2.33. The number of methoxy groups -OCH3 is 1. The first-order valence-electron chi connectivity index (χ1n) is 8.40. The van der Waals surface area contributed by atoms with Crippen molar-refractivity contribution in [3.8, 4) is 5.75 Å². The third kappa shape index (κ3) is 6.21. The van der Waals surface area contributed by atoms with Gasteiger partial charge in [0.25, 0.3) is 0 Å². The average molecular weight is 386 g/mol. The Morgan fingerprint density at radius 2 is 1.96 bits per heavy atom. The van der Waals surface area contributed by atoms with Gasteiger partial charge in [0.15, 0.2) is 5.78 Å². The van der Waals surface area contributed by atoms with Crippen LogP contribution in [0.5, 0.6) is 5.75 Å². The van der Waals surface area contributed by atoms with E-state index in [0.717, 1.165) is 17.7 Å². The maximum atomic E-state index is 12.7. The molecule has 7 heteroatoms. The second-order valence-electron chi connectivity index (χ2n) is 6.18. The van der Waals surface area contributed by atoms with E-state index in [2.05, 4.69) is 4.74 Å². The van der Waals surface area contributed by atoms with E-state index in [1.54, 1.807) is 13.2 Å². The van der Waals surface area contributed by atoms with Gasteiger partial charge in [0.1, 0.15) is 5.75 Å². The van der Waals surface area contributed by atoms with Crippen molar-refractivity contribution in [3.63, 3.8) is 0 Å². The molecule has 1 aromatic rings. The first kappa shape index (κ1) is 20.6. The molecule has 2 rings (SSSR count). The highest BCUT2D eigenvalue weighted by Crippen LogP contribution is 2.36. The Morgan fingerprint density at radius 3 is 2.65 bits per heavy atom. The molecule has 0 aromatic heterocycles. The lowest BCUT2D eigenvalue weighted by atomic mass is 9.84. The van der Waals surface area contributed by atoms with Crippen LogP contribution in [0.4, 0.5) is 13.2 Å². The van der Waals surface area contributed by atoms with Gasteiger partial charge in [-0.2, -0.15) is 0 Å². The maximum absolute atomic E-state index is 12.7. The molecule has 3 nitrogen and oxygen atoms in total. The average Bonchev–Trinajstić information content (AvgIpc) is 2.56. The summed E-state index contributed by atoms with van der Waals surface area (Å²) < 4.78 is 47.4. The van der Waals surface area contributed by atoms with Gasteiger partial charge in [0, 0.05) is 25.7 Å². The Morgan fingerprint density at radius 1 is 1.23 bits per heavy atom. The highest BCUT2D eigenvalue weighted by molar-refractivity contribution is 7.80. The zero-order valence-corrected chi connectivity index (χ0v) is 15.3. The van der Waals surface area contributed by atoms with E-state index >= 15 is 0 Å². The maximum Gasteiger partial charge on any atom is 0.573 e. The van der Waals surface area contributed by atoms with Gasteiger partial charge >= 0.3 is 6.36 Å². The monoisotopic (exact) mass is 386 g/mol. The molecule has 0 spiro atoms. The quantitative estimate of drug-likeness (QED) is 0.501. The van der Waals surface area contributed by atoms with Crippen LogP contribution in [0.2, 0.25) is 0 Å². The zero-order chi connectivity index (χ0) is 19.2. The molecule has 0 radical (unpaired) electrons. The molecule has 0 saturated heterocycles. The number of rotatable bonds is 6. The summed E-state index contributed by atoms with van der Waals surface area (Å²) in [4.78, 5) is 12.9. The summed E-state index contributed by atoms with van der Waals surface area (Å²) in [6, 6.07) is 5.89. The van der Waals surface area contributed by atoms with Gasteiger partial charge < -0.3 is 9.47 Å². The summed E-state index contributed by atoms with van der Waals surface area (Å²) in [5, 5.41) is 0. The predicted octanol–water partition coefficient (Wildman–Crippen LogP) is 5.13. The standard InChI is InChI=1S/C19H21F3O3S/c1-24-10-4-5-13-11-14(12-15(23)8-9-18(13)26)16-6-2-3-7-17(16)25-19(20,21)22/h2-3,6-7,12-13H,4-5,8-11H2,1H3. The molecule has 1 aliphatic rings. The van der Waals surface area contributed by atoms with Crippen LogP contribution in [0.25, 0.3) is 5.57 Å². The number of allylic oxidation sites excluding steroid dienone is 2. The topological polar surface area (TPSA) is 35.5 Å². The largest absolute Gasteiger partial charge is 0.573 e. The molecule has 0 fully saturated rings. The number of alkyl halides is 3. The van der Waals surface area contributed by atoms with E-state index in [4.69, 9.17) is 17.0 Å². The molecule has 1 unspecified atom stereocenters. The number of carbonyl (C=O) groups excluding carboxylic acids is 1. The fraction of sp³-hybridized carbons (Fsp3) is 0.474. The van der Waals surface area contributed by atoms with Crippen LogP contribution < -0.4 is 4.74 Å². The van der Waals surface area contributed by atoms with Crippen LogP contribution in [0.1, 0.15) is 37.7 Å². The lowest BCUT2D eigenvalue weighted by molar-refractivity contribution is -0.274. The first-order valence-corrected chi connectivity index (χ1v) is 8.81. The summed E-state index contributed by atoms with van der Waals surface area (Å²) >= 11 is 5.47. The molecule has 0 N–H and O–H groups in total. The van der Waals surface area contributed by atoms with E-state index in [-0.39, 0.29) is 29.4 Å². The number of ketones is 1. The highest BCUT2D eigenvalue weighted by atomic mass is 32.1. The molecule has 0 amide bonds. The van der Waals surface area contributed by atoms with E-state index in [0.29, 0.717) is 25.0 Å². The lowest BCUT2D eigenvalue weighted by Gasteiger charge is -2.23. The summed E-state index contributed by atoms with van der Waals surface area (Å²) in [5.41, 5.74) is 0.805. The molecule has 142 valence electrons. The second kappa shape index (κ2) is 9.28. The third-order valence-corrected chi connectivity index (χ3v) is 4.77. The van der Waals surface area contributed by atoms with Gasteiger partial charge in [-0.05, 0) is 54.2 Å². The fourth-order valence-electron chi connectivity index (χ4n) is 3.03. The number of hydrogen-bond donors (Lipinski definition) is 0. The molecular formula is C19H21F3O3S. The van der Waals surface area contributed by atoms with Crippen molar-refractivity contribution in [2.75, 3.05) is 13.7 Å². The van der Waals surface area contributed by atoms with Gasteiger partial charge in [-0.15, -0.1) is 13.2 Å². The Labute approximate surface area is 156 Å². The van der Waals surface area contributed by atoms with Crippen molar-refractivity contribution in [3.05, 3.63) is 35.9 Å². The van der Waals surface area contributed by atoms with Crippen LogP contribution in [0.15, 0.2) is 30.3 Å². The van der Waals surface area contributed by atoms with Gasteiger partial charge in [0.05, 0.1) is 0 Å². The smallest absolute Gasteiger partial charge is 0.405 e. The third-order valence-electron chi connectivity index (χ3n) is 4.23. The van der Waals surface area contributed by atoms with Crippen molar-refractivity contribution >= 4 is 28.4 Å². The number of ether oxygens (including phenoxy) is 2. The number of hydrogen-bond acceptors (Lipinski definition) is 4. The predicted molar refractivity (Wildman–Crippen MR) is 97.2 cm³/mol. The Kier molecular flexibility index (Phi) is 7.34. The molecule has 1 atom stereocenters. The van der Waals surface area contributed by atoms with Crippen LogP contribution >= 0.6 is 12.2 Å². The number of carbonyl (C=O) groups is 1. The lowest BCUT2D eigenvalue weighted by Crippen LogP contribution is -2.20. The van der Waals surface area contributed by atoms with Crippen molar-refractivity contribution in [1.82, 2.24) is 0 Å². The number of para-hydroxylation sites is 1. The second-order valence-corrected chi connectivity index (χ2v) is 6.71. The summed E-state index contributed by atoms with van der Waals surface area (Å²) in [6.07, 6.45) is -0.600. The molecule has 0 heterocycles. The number of thiocarbonyl (C=S) groups is 1. The molecule has 0 saturated carbocycles. The SMILES string of the molecule is COCCCC1CC(c2ccccc2OC(F)(F)F)=CC(=O)CCC1=S. The molecular weight excluding hydrogens is 365 g/mol. The van der Waals surface area contributed by atoms with Crippen LogP contribution in [-0.4, -0.2) is 30.7 Å². The van der Waals surface area contributed by atoms with Crippen molar-refractivity contribution in [1.29, 1.82) is 0 Å². The Bertz CT molecular complexity index is 683. The van der Waals surface area contributed by atoms with E-state index in [1.807, 2.05) is 0 Å². The van der Waals surface area contributed by atoms with Crippen molar-refractivity contribution < 1.29 is 27.4 Å². The summed E-state index contributed by atoms with van der Waals surface area (Å²) in [5.74, 6) is -0.431. The Hall–Kier alpha value is -1.73. The van der Waals surface area contributed by atoms with Crippen molar-refractivity contribution in [2.24, 2.45) is 5.92 Å². The minimum absolute atomic E-state index is 0.0124. The fourth-order valence-corrected chi connectivity index (χ4v) is 3.33. The first-order chi connectivity index (χ1) is 12.3. The van der Waals surface area contributed by atoms with E-state index in [9.17, 15) is 18.0 Å². The molecule has 0 bridgehead atoms. The van der Waals surface area contributed by atoms with Gasteiger partial charge in [-0.3, -0.25) is 4.79 Å². The molecule has 26 heavy (non-hydrogen) atoms. The molecule has 1 aromatic carbocycles. The minimum atomic E-state index is -4.80. The minimum Gasteiger partial charge on any atom is -0.405 e. The number of benzene rings is 1. The van der Waals surface area contributed by atoms with Gasteiger partial charge in [-0.25, -0.2) is 0 Å². The van der Waals surface area contributed by atoms with Crippen molar-refractivity contribution in [2.45, 2.75) is 38.5 Å². The summed E-state index contributed by atoms with van der Waals surface area (Å²) in [7, 11) is 1.62. The van der Waals surface area contributed by atoms with Crippen LogP contribution in [0, 0.1) is 5.92 Å². The van der Waals surface area contributed by atoms with E-state index in [1.165, 1.54) is 24.3 Å². The number of halogens is 3. The normalized spacial score (nSPS) is 18.9.